The number of nitrogens with one attached hydrogen (secondary N) is 1. The molecule has 0 aromatic heterocycles. The lowest BCUT2D eigenvalue weighted by Crippen LogP contribution is -2.62. The van der Waals surface area contributed by atoms with Crippen molar-refractivity contribution in [2.24, 2.45) is 17.8 Å². The maximum Gasteiger partial charge on any atom is 0.0382 e. The molecular formula is C25H32N2. The SMILES string of the molecule is c1ccc(CCN(Cc2ccccc2)NC23CC4CC(CC(C4)C2)C3)cc1. The maximum atomic E-state index is 4.11. The lowest BCUT2D eigenvalue weighted by Gasteiger charge is -2.58. The van der Waals surface area contributed by atoms with Crippen molar-refractivity contribution in [3.63, 3.8) is 0 Å². The Bertz CT molecular complexity index is 704. The molecule has 2 nitrogen and oxygen atoms in total. The maximum absolute atomic E-state index is 4.11. The Morgan fingerprint density at radius 3 is 1.81 bits per heavy atom. The van der Waals surface area contributed by atoms with Crippen LogP contribution in [0.5, 0.6) is 0 Å². The summed E-state index contributed by atoms with van der Waals surface area (Å²) < 4.78 is 0. The largest absolute Gasteiger partial charge is 0.249 e. The van der Waals surface area contributed by atoms with Gasteiger partial charge in [-0.15, -0.1) is 0 Å². The predicted molar refractivity (Wildman–Crippen MR) is 111 cm³/mol. The summed E-state index contributed by atoms with van der Waals surface area (Å²) in [5.74, 6) is 2.95. The van der Waals surface area contributed by atoms with Gasteiger partial charge in [0.05, 0.1) is 0 Å². The van der Waals surface area contributed by atoms with Crippen LogP contribution >= 0.6 is 0 Å². The van der Waals surface area contributed by atoms with E-state index in [2.05, 4.69) is 71.1 Å². The zero-order valence-electron chi connectivity index (χ0n) is 16.3. The molecule has 6 rings (SSSR count). The quantitative estimate of drug-likeness (QED) is 0.682. The van der Waals surface area contributed by atoms with Gasteiger partial charge in [0.25, 0.3) is 0 Å². The Balaban J connectivity index is 1.31. The molecule has 2 aromatic carbocycles. The van der Waals surface area contributed by atoms with Crippen LogP contribution in [0.15, 0.2) is 60.7 Å². The van der Waals surface area contributed by atoms with E-state index in [0.29, 0.717) is 5.54 Å². The highest BCUT2D eigenvalue weighted by Crippen LogP contribution is 2.55. The molecule has 0 unspecified atom stereocenters. The monoisotopic (exact) mass is 360 g/mol. The van der Waals surface area contributed by atoms with Crippen LogP contribution in [0, 0.1) is 17.8 Å². The summed E-state index contributed by atoms with van der Waals surface area (Å²) in [5, 5.41) is 2.54. The van der Waals surface area contributed by atoms with Gasteiger partial charge in [0, 0.05) is 18.6 Å². The van der Waals surface area contributed by atoms with E-state index in [4.69, 9.17) is 0 Å². The van der Waals surface area contributed by atoms with Crippen molar-refractivity contribution in [2.45, 2.75) is 57.0 Å². The Morgan fingerprint density at radius 2 is 1.26 bits per heavy atom. The third-order valence-electron chi connectivity index (χ3n) is 7.16. The summed E-state index contributed by atoms with van der Waals surface area (Å²) in [6, 6.07) is 21.9. The Kier molecular flexibility index (Phi) is 4.79. The van der Waals surface area contributed by atoms with Gasteiger partial charge in [0.1, 0.15) is 0 Å². The van der Waals surface area contributed by atoms with Gasteiger partial charge >= 0.3 is 0 Å². The van der Waals surface area contributed by atoms with Crippen molar-refractivity contribution < 1.29 is 0 Å². The van der Waals surface area contributed by atoms with E-state index in [0.717, 1.165) is 37.3 Å². The molecule has 2 aromatic rings. The summed E-state index contributed by atoms with van der Waals surface area (Å²) in [6.45, 7) is 2.07. The molecule has 142 valence electrons. The molecule has 0 aliphatic heterocycles. The fourth-order valence-electron chi connectivity index (χ4n) is 6.47. The summed E-state index contributed by atoms with van der Waals surface area (Å²) in [6.07, 6.45) is 9.81. The van der Waals surface area contributed by atoms with E-state index < -0.39 is 0 Å². The highest BCUT2D eigenvalue weighted by atomic mass is 15.5. The van der Waals surface area contributed by atoms with Crippen LogP contribution < -0.4 is 5.43 Å². The van der Waals surface area contributed by atoms with Gasteiger partial charge in [-0.05, 0) is 73.8 Å². The summed E-state index contributed by atoms with van der Waals surface area (Å²) >= 11 is 0. The normalized spacial score (nSPS) is 31.5. The zero-order valence-corrected chi connectivity index (χ0v) is 16.3. The van der Waals surface area contributed by atoms with Crippen LogP contribution in [0.4, 0.5) is 0 Å². The summed E-state index contributed by atoms with van der Waals surface area (Å²) in [4.78, 5) is 0. The van der Waals surface area contributed by atoms with Crippen LogP contribution in [0.25, 0.3) is 0 Å². The van der Waals surface area contributed by atoms with Gasteiger partial charge in [0.2, 0.25) is 0 Å². The fraction of sp³-hybridized carbons (Fsp3) is 0.520. The first-order chi connectivity index (χ1) is 13.3. The second-order valence-electron chi connectivity index (χ2n) is 9.45. The molecule has 0 heterocycles. The van der Waals surface area contributed by atoms with E-state index in [1.165, 1.54) is 49.7 Å². The van der Waals surface area contributed by atoms with Gasteiger partial charge in [0.15, 0.2) is 0 Å². The molecule has 4 aliphatic rings. The summed E-state index contributed by atoms with van der Waals surface area (Å²) in [7, 11) is 0. The highest BCUT2D eigenvalue weighted by molar-refractivity contribution is 5.16. The smallest absolute Gasteiger partial charge is 0.0382 e. The molecule has 4 bridgehead atoms. The minimum atomic E-state index is 0.375. The third-order valence-corrected chi connectivity index (χ3v) is 7.16. The van der Waals surface area contributed by atoms with E-state index in [-0.39, 0.29) is 0 Å². The molecule has 27 heavy (non-hydrogen) atoms. The number of hydrazine groups is 1. The average molecular weight is 361 g/mol. The summed E-state index contributed by atoms with van der Waals surface area (Å²) in [5.41, 5.74) is 7.33. The van der Waals surface area contributed by atoms with Crippen molar-refractivity contribution in [1.82, 2.24) is 10.4 Å². The Hall–Kier alpha value is -1.64. The van der Waals surface area contributed by atoms with Crippen LogP contribution in [-0.4, -0.2) is 17.1 Å². The van der Waals surface area contributed by atoms with Crippen molar-refractivity contribution in [2.75, 3.05) is 6.54 Å². The van der Waals surface area contributed by atoms with E-state index in [1.807, 2.05) is 0 Å². The number of hydrogen-bond donors (Lipinski definition) is 1. The minimum absolute atomic E-state index is 0.375. The van der Waals surface area contributed by atoms with E-state index in [9.17, 15) is 0 Å². The first kappa shape index (κ1) is 17.5. The lowest BCUT2D eigenvalue weighted by molar-refractivity contribution is -0.0608. The number of nitrogens with zero attached hydrogens (tertiary/aromatic N) is 1. The fourth-order valence-corrected chi connectivity index (χ4v) is 6.47. The minimum Gasteiger partial charge on any atom is -0.249 e. The average Bonchev–Trinajstić information content (AvgIpc) is 2.66. The van der Waals surface area contributed by atoms with Gasteiger partial charge < -0.3 is 0 Å². The molecule has 0 atom stereocenters. The highest BCUT2D eigenvalue weighted by Gasteiger charge is 2.51. The Morgan fingerprint density at radius 1 is 0.741 bits per heavy atom. The van der Waals surface area contributed by atoms with Gasteiger partial charge in [-0.25, -0.2) is 10.4 Å². The van der Waals surface area contributed by atoms with E-state index >= 15 is 0 Å². The predicted octanol–water partition coefficient (Wildman–Crippen LogP) is 5.20. The number of benzene rings is 2. The molecule has 0 spiro atoms. The molecule has 0 amide bonds. The molecule has 4 saturated carbocycles. The van der Waals surface area contributed by atoms with Crippen molar-refractivity contribution in [3.8, 4) is 0 Å². The molecule has 0 saturated heterocycles. The first-order valence-corrected chi connectivity index (χ1v) is 10.9. The molecule has 4 aliphatic carbocycles. The van der Waals surface area contributed by atoms with Gasteiger partial charge in [-0.1, -0.05) is 60.7 Å². The van der Waals surface area contributed by atoms with Crippen LogP contribution in [0.1, 0.15) is 49.7 Å². The Labute approximate surface area is 163 Å². The number of rotatable bonds is 7. The zero-order chi connectivity index (χ0) is 18.1. The van der Waals surface area contributed by atoms with Crippen LogP contribution in [0.2, 0.25) is 0 Å². The topological polar surface area (TPSA) is 15.3 Å². The van der Waals surface area contributed by atoms with E-state index in [1.54, 1.807) is 0 Å². The molecule has 2 heteroatoms. The first-order valence-electron chi connectivity index (χ1n) is 10.9. The second-order valence-corrected chi connectivity index (χ2v) is 9.45. The molecule has 0 radical (unpaired) electrons. The van der Waals surface area contributed by atoms with Crippen molar-refractivity contribution >= 4 is 0 Å². The van der Waals surface area contributed by atoms with Gasteiger partial charge in [-0.3, -0.25) is 0 Å². The van der Waals surface area contributed by atoms with Crippen molar-refractivity contribution in [1.29, 1.82) is 0 Å². The molecular weight excluding hydrogens is 328 g/mol. The van der Waals surface area contributed by atoms with Crippen LogP contribution in [0.3, 0.4) is 0 Å². The molecule has 1 N–H and O–H groups in total. The standard InChI is InChI=1S/C25H32N2/c1-3-7-20(8-4-1)11-12-27(19-21-9-5-2-6-10-21)26-25-16-22-13-23(17-25)15-24(14-22)18-25/h1-10,22-24,26H,11-19H2. The number of hydrogen-bond acceptors (Lipinski definition) is 2. The second kappa shape index (κ2) is 7.41. The lowest BCUT2D eigenvalue weighted by atomic mass is 9.53. The van der Waals surface area contributed by atoms with Crippen molar-refractivity contribution in [3.05, 3.63) is 71.8 Å². The molecule has 4 fully saturated rings. The van der Waals surface area contributed by atoms with Gasteiger partial charge in [-0.2, -0.15) is 0 Å². The third kappa shape index (κ3) is 3.97. The van der Waals surface area contributed by atoms with Crippen LogP contribution in [-0.2, 0) is 13.0 Å².